The maximum atomic E-state index is 12.5. The molecule has 0 saturated heterocycles. The van der Waals surface area contributed by atoms with Crippen LogP contribution in [0.25, 0.3) is 0 Å². The molecule has 0 spiro atoms. The Morgan fingerprint density at radius 3 is 2.65 bits per heavy atom. The van der Waals surface area contributed by atoms with E-state index in [4.69, 9.17) is 5.73 Å². The van der Waals surface area contributed by atoms with Gasteiger partial charge >= 0.3 is 0 Å². The van der Waals surface area contributed by atoms with Crippen molar-refractivity contribution in [3.8, 4) is 0 Å². The van der Waals surface area contributed by atoms with Crippen LogP contribution in [-0.2, 0) is 10.0 Å². The van der Waals surface area contributed by atoms with Crippen molar-refractivity contribution in [3.05, 3.63) is 22.7 Å². The molecular formula is C11H15BrN2O2S. The van der Waals surface area contributed by atoms with Crippen molar-refractivity contribution in [2.75, 3.05) is 12.3 Å². The molecule has 0 atom stereocenters. The summed E-state index contributed by atoms with van der Waals surface area (Å²) in [5, 5.41) is 0. The smallest absolute Gasteiger partial charge is 0.244 e. The van der Waals surface area contributed by atoms with Gasteiger partial charge in [0.1, 0.15) is 0 Å². The molecule has 17 heavy (non-hydrogen) atoms. The number of anilines is 1. The van der Waals surface area contributed by atoms with Crippen LogP contribution in [0.1, 0.15) is 19.8 Å². The first-order valence-electron chi connectivity index (χ1n) is 5.53. The summed E-state index contributed by atoms with van der Waals surface area (Å²) >= 11 is 3.27. The summed E-state index contributed by atoms with van der Waals surface area (Å²) in [5.74, 6) is 0. The molecule has 4 nitrogen and oxygen atoms in total. The zero-order valence-corrected chi connectivity index (χ0v) is 12.0. The van der Waals surface area contributed by atoms with Gasteiger partial charge in [0.15, 0.2) is 0 Å². The molecule has 1 aliphatic carbocycles. The number of rotatable bonds is 4. The first kappa shape index (κ1) is 12.9. The Hall–Kier alpha value is -0.590. The second-order valence-electron chi connectivity index (χ2n) is 4.13. The lowest BCUT2D eigenvalue weighted by molar-refractivity contribution is 0.420. The lowest BCUT2D eigenvalue weighted by Crippen LogP contribution is -2.33. The van der Waals surface area contributed by atoms with Crippen molar-refractivity contribution in [2.45, 2.75) is 30.7 Å². The molecule has 0 amide bonds. The zero-order valence-electron chi connectivity index (χ0n) is 9.56. The molecular weight excluding hydrogens is 304 g/mol. The highest BCUT2D eigenvalue weighted by molar-refractivity contribution is 9.10. The van der Waals surface area contributed by atoms with Crippen molar-refractivity contribution in [1.29, 1.82) is 0 Å². The molecule has 1 saturated carbocycles. The summed E-state index contributed by atoms with van der Waals surface area (Å²) < 4.78 is 27.0. The Bertz CT molecular complexity index is 526. The topological polar surface area (TPSA) is 63.4 Å². The second-order valence-corrected chi connectivity index (χ2v) is 6.84. The molecule has 2 N–H and O–H groups in total. The minimum Gasteiger partial charge on any atom is -0.399 e. The molecule has 2 rings (SSSR count). The SMILES string of the molecule is CCN(C1CC1)S(=O)(=O)c1cc(N)ccc1Br. The number of hydrogen-bond donors (Lipinski definition) is 1. The molecule has 1 aromatic rings. The predicted octanol–water partition coefficient (Wildman–Crippen LogP) is 2.20. The van der Waals surface area contributed by atoms with Crippen molar-refractivity contribution >= 4 is 31.6 Å². The largest absolute Gasteiger partial charge is 0.399 e. The summed E-state index contributed by atoms with van der Waals surface area (Å²) in [6, 6.07) is 5.02. The summed E-state index contributed by atoms with van der Waals surface area (Å²) in [7, 11) is -3.43. The van der Waals surface area contributed by atoms with Crippen LogP contribution in [0.4, 0.5) is 5.69 Å². The number of nitrogens with two attached hydrogens (primary N) is 1. The number of sulfonamides is 1. The third kappa shape index (κ3) is 2.48. The van der Waals surface area contributed by atoms with E-state index in [0.29, 0.717) is 16.7 Å². The molecule has 0 bridgehead atoms. The molecule has 0 aliphatic heterocycles. The minimum absolute atomic E-state index is 0.165. The van der Waals surface area contributed by atoms with E-state index in [0.717, 1.165) is 12.8 Å². The number of nitrogen functional groups attached to an aromatic ring is 1. The van der Waals surface area contributed by atoms with Crippen LogP contribution >= 0.6 is 15.9 Å². The molecule has 0 radical (unpaired) electrons. The number of halogens is 1. The van der Waals surface area contributed by atoms with E-state index in [1.54, 1.807) is 16.4 Å². The van der Waals surface area contributed by atoms with Gasteiger partial charge in [-0.1, -0.05) is 6.92 Å². The van der Waals surface area contributed by atoms with Crippen LogP contribution in [-0.4, -0.2) is 25.3 Å². The van der Waals surface area contributed by atoms with Gasteiger partial charge in [-0.05, 0) is 47.0 Å². The molecule has 1 aromatic carbocycles. The van der Waals surface area contributed by atoms with E-state index in [1.807, 2.05) is 6.92 Å². The predicted molar refractivity (Wildman–Crippen MR) is 71.1 cm³/mol. The van der Waals surface area contributed by atoms with Crippen molar-refractivity contribution < 1.29 is 8.42 Å². The average Bonchev–Trinajstić information content (AvgIpc) is 3.06. The van der Waals surface area contributed by atoms with Gasteiger partial charge in [-0.25, -0.2) is 8.42 Å². The van der Waals surface area contributed by atoms with Crippen LogP contribution < -0.4 is 5.73 Å². The first-order chi connectivity index (χ1) is 7.96. The van der Waals surface area contributed by atoms with Crippen LogP contribution in [0.2, 0.25) is 0 Å². The van der Waals surface area contributed by atoms with Crippen molar-refractivity contribution in [2.24, 2.45) is 0 Å². The molecule has 0 aromatic heterocycles. The zero-order chi connectivity index (χ0) is 12.6. The summed E-state index contributed by atoms with van der Waals surface area (Å²) in [5.41, 5.74) is 6.11. The first-order valence-corrected chi connectivity index (χ1v) is 7.77. The third-order valence-electron chi connectivity index (χ3n) is 2.81. The summed E-state index contributed by atoms with van der Waals surface area (Å²) in [6.07, 6.45) is 1.90. The summed E-state index contributed by atoms with van der Waals surface area (Å²) in [4.78, 5) is 0.256. The fourth-order valence-corrected chi connectivity index (χ4v) is 4.49. The number of nitrogens with zero attached hydrogens (tertiary/aromatic N) is 1. The molecule has 0 unspecified atom stereocenters. The quantitative estimate of drug-likeness (QED) is 0.866. The highest BCUT2D eigenvalue weighted by Crippen LogP contribution is 2.34. The van der Waals surface area contributed by atoms with E-state index < -0.39 is 10.0 Å². The Balaban J connectivity index is 2.46. The standard InChI is InChI=1S/C11H15BrN2O2S/c1-2-14(9-4-5-9)17(15,16)11-7-8(13)3-6-10(11)12/h3,6-7,9H,2,4-5,13H2,1H3. The van der Waals surface area contributed by atoms with E-state index >= 15 is 0 Å². The monoisotopic (exact) mass is 318 g/mol. The van der Waals surface area contributed by atoms with Crippen LogP contribution in [0.5, 0.6) is 0 Å². The summed E-state index contributed by atoms with van der Waals surface area (Å²) in [6.45, 7) is 2.35. The van der Waals surface area contributed by atoms with E-state index in [2.05, 4.69) is 15.9 Å². The van der Waals surface area contributed by atoms with Crippen LogP contribution in [0.3, 0.4) is 0 Å². The molecule has 1 fully saturated rings. The average molecular weight is 319 g/mol. The Kier molecular flexibility index (Phi) is 3.47. The van der Waals surface area contributed by atoms with E-state index in [-0.39, 0.29) is 10.9 Å². The van der Waals surface area contributed by atoms with E-state index in [1.165, 1.54) is 6.07 Å². The normalized spacial score (nSPS) is 16.4. The van der Waals surface area contributed by atoms with Gasteiger partial charge < -0.3 is 5.73 Å². The fraction of sp³-hybridized carbons (Fsp3) is 0.455. The Morgan fingerprint density at radius 1 is 1.47 bits per heavy atom. The van der Waals surface area contributed by atoms with E-state index in [9.17, 15) is 8.42 Å². The molecule has 1 aliphatic rings. The minimum atomic E-state index is -3.43. The molecule has 6 heteroatoms. The van der Waals surface area contributed by atoms with Gasteiger partial charge in [-0.3, -0.25) is 0 Å². The van der Waals surface area contributed by atoms with Crippen molar-refractivity contribution in [3.63, 3.8) is 0 Å². The van der Waals surface area contributed by atoms with Gasteiger partial charge in [0.2, 0.25) is 10.0 Å². The molecule has 0 heterocycles. The number of benzene rings is 1. The maximum absolute atomic E-state index is 12.5. The highest BCUT2D eigenvalue weighted by Gasteiger charge is 2.37. The van der Waals surface area contributed by atoms with Gasteiger partial charge in [0, 0.05) is 22.7 Å². The maximum Gasteiger partial charge on any atom is 0.244 e. The second kappa shape index (κ2) is 4.59. The highest BCUT2D eigenvalue weighted by atomic mass is 79.9. The lowest BCUT2D eigenvalue weighted by atomic mass is 10.3. The van der Waals surface area contributed by atoms with Crippen LogP contribution in [0, 0.1) is 0 Å². The molecule has 94 valence electrons. The Labute approximate surface area is 110 Å². The van der Waals surface area contributed by atoms with Gasteiger partial charge in [-0.2, -0.15) is 4.31 Å². The van der Waals surface area contributed by atoms with Gasteiger partial charge in [-0.15, -0.1) is 0 Å². The Morgan fingerprint density at radius 2 is 2.12 bits per heavy atom. The lowest BCUT2D eigenvalue weighted by Gasteiger charge is -2.20. The van der Waals surface area contributed by atoms with Crippen LogP contribution in [0.15, 0.2) is 27.6 Å². The van der Waals surface area contributed by atoms with Gasteiger partial charge in [0.05, 0.1) is 4.90 Å². The fourth-order valence-electron chi connectivity index (χ4n) is 1.83. The third-order valence-corrected chi connectivity index (χ3v) is 5.83. The van der Waals surface area contributed by atoms with Crippen molar-refractivity contribution in [1.82, 2.24) is 4.31 Å². The number of hydrogen-bond acceptors (Lipinski definition) is 3. The van der Waals surface area contributed by atoms with Gasteiger partial charge in [0.25, 0.3) is 0 Å².